The number of carbonyl (C=O) groups excluding carboxylic acids is 2. The highest BCUT2D eigenvalue weighted by atomic mass is 32.2. The zero-order valence-corrected chi connectivity index (χ0v) is 9.12. The Morgan fingerprint density at radius 1 is 1.43 bits per heavy atom. The van der Waals surface area contributed by atoms with Gasteiger partial charge in [0.25, 0.3) is 5.91 Å². The van der Waals surface area contributed by atoms with E-state index in [9.17, 15) is 9.59 Å². The highest BCUT2D eigenvalue weighted by Gasteiger charge is 2.35. The molecule has 0 aliphatic carbocycles. The Kier molecular flexibility index (Phi) is 3.32. The number of hydrogen-bond donors (Lipinski definition) is 2. The van der Waals surface area contributed by atoms with Crippen molar-refractivity contribution in [3.8, 4) is 0 Å². The van der Waals surface area contributed by atoms with Crippen LogP contribution >= 0.6 is 23.9 Å². The molecule has 0 radical (unpaired) electrons. The molecule has 2 aliphatic rings. The first-order valence-electron chi connectivity index (χ1n) is 4.40. The number of hydrazine groups is 1. The topological polar surface area (TPSA) is 61.4 Å². The summed E-state index contributed by atoms with van der Waals surface area (Å²) in [7, 11) is 0. The summed E-state index contributed by atoms with van der Waals surface area (Å²) in [5.41, 5.74) is 3.12. The lowest BCUT2D eigenvalue weighted by atomic mass is 10.2. The number of rotatable bonds is 1. The molecule has 78 valence electrons. The van der Waals surface area contributed by atoms with Crippen molar-refractivity contribution in [2.75, 3.05) is 18.1 Å². The maximum absolute atomic E-state index is 11.5. The number of nitrogens with zero attached hydrogens (tertiary/aromatic N) is 1. The van der Waals surface area contributed by atoms with Gasteiger partial charge in [-0.25, -0.2) is 5.43 Å². The van der Waals surface area contributed by atoms with Gasteiger partial charge in [-0.1, -0.05) is 11.9 Å². The van der Waals surface area contributed by atoms with E-state index in [1.54, 1.807) is 11.9 Å². The van der Waals surface area contributed by atoms with Gasteiger partial charge in [0.1, 0.15) is 6.04 Å². The van der Waals surface area contributed by atoms with E-state index in [1.165, 1.54) is 11.9 Å². The van der Waals surface area contributed by atoms with Crippen molar-refractivity contribution in [2.45, 2.75) is 12.5 Å². The fourth-order valence-electron chi connectivity index (χ4n) is 1.31. The molecule has 14 heavy (non-hydrogen) atoms. The van der Waals surface area contributed by atoms with Crippen LogP contribution in [0.25, 0.3) is 0 Å². The SMILES string of the molecule is O=C1NSCC(N2NCCCS2)C1=O. The molecule has 2 rings (SSSR count). The number of amides is 1. The fourth-order valence-corrected chi connectivity index (χ4v) is 3.18. The second-order valence-electron chi connectivity index (χ2n) is 3.04. The van der Waals surface area contributed by atoms with Gasteiger partial charge in [0, 0.05) is 18.1 Å². The first-order valence-corrected chi connectivity index (χ1v) is 6.33. The summed E-state index contributed by atoms with van der Waals surface area (Å²) in [6, 6.07) is -0.320. The molecule has 2 fully saturated rings. The Balaban J connectivity index is 2.00. The number of nitrogens with one attached hydrogen (secondary N) is 2. The molecule has 2 heterocycles. The zero-order valence-electron chi connectivity index (χ0n) is 7.49. The third-order valence-corrected chi connectivity index (χ3v) is 3.98. The van der Waals surface area contributed by atoms with E-state index in [1.807, 2.05) is 4.41 Å². The molecule has 0 aromatic rings. The van der Waals surface area contributed by atoms with Crippen molar-refractivity contribution < 1.29 is 9.59 Å². The predicted octanol–water partition coefficient (Wildman–Crippen LogP) is -0.439. The minimum absolute atomic E-state index is 0.320. The number of Topliss-reactive ketones (excluding diaryl/α,β-unsaturated/α-hetero) is 1. The predicted molar refractivity (Wildman–Crippen MR) is 56.3 cm³/mol. The lowest BCUT2D eigenvalue weighted by Gasteiger charge is -2.33. The van der Waals surface area contributed by atoms with E-state index in [4.69, 9.17) is 0 Å². The maximum atomic E-state index is 11.5. The minimum atomic E-state index is -0.487. The van der Waals surface area contributed by atoms with E-state index in [0.29, 0.717) is 5.75 Å². The summed E-state index contributed by atoms with van der Waals surface area (Å²) in [5, 5.41) is 0. The molecular weight excluding hydrogens is 222 g/mol. The lowest BCUT2D eigenvalue weighted by molar-refractivity contribution is -0.139. The average molecular weight is 233 g/mol. The smallest absolute Gasteiger partial charge is 0.293 e. The molecule has 0 aromatic heterocycles. The zero-order chi connectivity index (χ0) is 9.97. The molecule has 0 aromatic carbocycles. The van der Waals surface area contributed by atoms with Crippen LogP contribution in [0.15, 0.2) is 0 Å². The van der Waals surface area contributed by atoms with E-state index in [-0.39, 0.29) is 11.8 Å². The van der Waals surface area contributed by atoms with E-state index < -0.39 is 5.91 Å². The third kappa shape index (κ3) is 2.05. The van der Waals surface area contributed by atoms with Crippen molar-refractivity contribution in [1.82, 2.24) is 14.6 Å². The summed E-state index contributed by atoms with van der Waals surface area (Å²) in [6.45, 7) is 0.878. The summed E-state index contributed by atoms with van der Waals surface area (Å²) >= 11 is 2.88. The van der Waals surface area contributed by atoms with Crippen LogP contribution in [0.3, 0.4) is 0 Å². The summed E-state index contributed by atoms with van der Waals surface area (Å²) < 4.78 is 4.28. The summed E-state index contributed by atoms with van der Waals surface area (Å²) in [6.07, 6.45) is 1.10. The van der Waals surface area contributed by atoms with Crippen molar-refractivity contribution in [3.63, 3.8) is 0 Å². The first-order chi connectivity index (χ1) is 6.79. The highest BCUT2D eigenvalue weighted by Crippen LogP contribution is 2.21. The normalized spacial score (nSPS) is 30.1. The number of hydrogen-bond acceptors (Lipinski definition) is 6. The largest absolute Gasteiger partial charge is 0.299 e. The molecule has 7 heteroatoms. The standard InChI is InChI=1S/C7H11N3O2S2/c11-6-5(4-13-9-7(6)12)10-8-2-1-3-14-10/h5,8H,1-4H2,(H,9,12). The van der Waals surface area contributed by atoms with Gasteiger partial charge in [-0.2, -0.15) is 4.41 Å². The van der Waals surface area contributed by atoms with Crippen molar-refractivity contribution >= 4 is 35.6 Å². The van der Waals surface area contributed by atoms with Crippen molar-refractivity contribution in [1.29, 1.82) is 0 Å². The van der Waals surface area contributed by atoms with Crippen LogP contribution in [-0.4, -0.2) is 40.2 Å². The van der Waals surface area contributed by atoms with Crippen LogP contribution in [0.4, 0.5) is 0 Å². The summed E-state index contributed by atoms with van der Waals surface area (Å²) in [4.78, 5) is 22.6. The van der Waals surface area contributed by atoms with Crippen LogP contribution < -0.4 is 10.1 Å². The second-order valence-corrected chi connectivity index (χ2v) is 4.93. The fraction of sp³-hybridized carbons (Fsp3) is 0.714. The average Bonchev–Trinajstić information content (AvgIpc) is 2.23. The monoisotopic (exact) mass is 233 g/mol. The second kappa shape index (κ2) is 4.52. The number of ketones is 1. The van der Waals surface area contributed by atoms with E-state index >= 15 is 0 Å². The van der Waals surface area contributed by atoms with Gasteiger partial charge in [-0.3, -0.25) is 14.3 Å². The van der Waals surface area contributed by atoms with Crippen molar-refractivity contribution in [3.05, 3.63) is 0 Å². The first kappa shape index (κ1) is 10.3. The van der Waals surface area contributed by atoms with Crippen LogP contribution in [-0.2, 0) is 9.59 Å². The molecule has 1 amide bonds. The van der Waals surface area contributed by atoms with Gasteiger partial charge in [-0.15, -0.1) is 0 Å². The number of carbonyl (C=O) groups is 2. The molecule has 0 spiro atoms. The molecule has 1 atom stereocenters. The van der Waals surface area contributed by atoms with Gasteiger partial charge in [0.2, 0.25) is 5.78 Å². The molecule has 2 N–H and O–H groups in total. The third-order valence-electron chi connectivity index (χ3n) is 2.03. The molecule has 0 saturated carbocycles. The van der Waals surface area contributed by atoms with Gasteiger partial charge in [-0.05, 0) is 18.4 Å². The molecule has 1 unspecified atom stereocenters. The van der Waals surface area contributed by atoms with Crippen molar-refractivity contribution in [2.24, 2.45) is 0 Å². The summed E-state index contributed by atoms with van der Waals surface area (Å²) in [5.74, 6) is 0.790. The Bertz CT molecular complexity index is 255. The lowest BCUT2D eigenvalue weighted by Crippen LogP contribution is -2.55. The minimum Gasteiger partial charge on any atom is -0.293 e. The highest BCUT2D eigenvalue weighted by molar-refractivity contribution is 7.98. The van der Waals surface area contributed by atoms with Gasteiger partial charge in [0.15, 0.2) is 0 Å². The molecule has 0 bridgehead atoms. The van der Waals surface area contributed by atoms with E-state index in [2.05, 4.69) is 10.1 Å². The van der Waals surface area contributed by atoms with Gasteiger partial charge < -0.3 is 0 Å². The van der Waals surface area contributed by atoms with Crippen LogP contribution in [0.1, 0.15) is 6.42 Å². The Labute approximate surface area is 90.6 Å². The molecule has 2 saturated heterocycles. The quantitative estimate of drug-likeness (QED) is 0.473. The Morgan fingerprint density at radius 3 is 3.00 bits per heavy atom. The maximum Gasteiger partial charge on any atom is 0.299 e. The van der Waals surface area contributed by atoms with Crippen LogP contribution in [0, 0.1) is 0 Å². The Morgan fingerprint density at radius 2 is 2.29 bits per heavy atom. The van der Waals surface area contributed by atoms with Gasteiger partial charge >= 0.3 is 0 Å². The van der Waals surface area contributed by atoms with Crippen LogP contribution in [0.5, 0.6) is 0 Å². The van der Waals surface area contributed by atoms with Crippen LogP contribution in [0.2, 0.25) is 0 Å². The van der Waals surface area contributed by atoms with E-state index in [0.717, 1.165) is 18.7 Å². The molecule has 5 nitrogen and oxygen atoms in total. The van der Waals surface area contributed by atoms with Gasteiger partial charge in [0.05, 0.1) is 0 Å². The Hall–Kier alpha value is -0.240. The molecular formula is C7H11N3O2S2. The molecule has 2 aliphatic heterocycles.